The molecule has 2 heterocycles. The van der Waals surface area contributed by atoms with Crippen LogP contribution in [0.5, 0.6) is 0 Å². The molecule has 4 rings (SSSR count). The van der Waals surface area contributed by atoms with E-state index < -0.39 is 15.8 Å². The van der Waals surface area contributed by atoms with Crippen molar-refractivity contribution in [3.63, 3.8) is 0 Å². The van der Waals surface area contributed by atoms with E-state index in [4.69, 9.17) is 11.6 Å². The number of nitrogens with one attached hydrogen (secondary N) is 1. The molecule has 2 aromatic heterocycles. The van der Waals surface area contributed by atoms with Crippen molar-refractivity contribution in [1.82, 2.24) is 9.97 Å². The largest absolute Gasteiger partial charge is 0.277 e. The highest BCUT2D eigenvalue weighted by molar-refractivity contribution is 7.93. The highest BCUT2D eigenvalue weighted by atomic mass is 35.5. The Bertz CT molecular complexity index is 1260. The van der Waals surface area contributed by atoms with Gasteiger partial charge in [-0.2, -0.15) is 0 Å². The highest BCUT2D eigenvalue weighted by Gasteiger charge is 2.21. The molecule has 26 heavy (non-hydrogen) atoms. The summed E-state index contributed by atoms with van der Waals surface area (Å²) < 4.78 is 42.3. The highest BCUT2D eigenvalue weighted by Crippen LogP contribution is 2.31. The SMILES string of the molecule is O=S(=O)(Nc1ccc(Cl)c2cccnc12)c1ccc(F)c2ncccc12. The number of hydrogen-bond donors (Lipinski definition) is 1. The first-order valence-electron chi connectivity index (χ1n) is 7.57. The molecule has 5 nitrogen and oxygen atoms in total. The Labute approximate surface area is 153 Å². The summed E-state index contributed by atoms with van der Waals surface area (Å²) in [7, 11) is -4.00. The van der Waals surface area contributed by atoms with Gasteiger partial charge in [0.15, 0.2) is 0 Å². The molecule has 0 bridgehead atoms. The maximum Gasteiger partial charge on any atom is 0.262 e. The molecule has 0 aliphatic carbocycles. The lowest BCUT2D eigenvalue weighted by molar-refractivity contribution is 0.601. The quantitative estimate of drug-likeness (QED) is 0.566. The molecule has 1 N–H and O–H groups in total. The van der Waals surface area contributed by atoms with Crippen LogP contribution in [0.15, 0.2) is 65.8 Å². The first-order valence-corrected chi connectivity index (χ1v) is 9.43. The number of nitrogens with zero attached hydrogens (tertiary/aromatic N) is 2. The molecule has 0 spiro atoms. The Morgan fingerprint density at radius 2 is 1.58 bits per heavy atom. The maximum atomic E-state index is 13.9. The van der Waals surface area contributed by atoms with Crippen molar-refractivity contribution in [3.8, 4) is 0 Å². The fraction of sp³-hybridized carbons (Fsp3) is 0. The smallest absolute Gasteiger partial charge is 0.262 e. The number of benzene rings is 2. The van der Waals surface area contributed by atoms with Crippen LogP contribution in [-0.2, 0) is 10.0 Å². The molecule has 0 atom stereocenters. The van der Waals surface area contributed by atoms with Crippen LogP contribution in [0.1, 0.15) is 0 Å². The van der Waals surface area contributed by atoms with E-state index in [0.29, 0.717) is 15.9 Å². The lowest BCUT2D eigenvalue weighted by Gasteiger charge is -2.12. The van der Waals surface area contributed by atoms with E-state index in [1.807, 2.05) is 0 Å². The average Bonchev–Trinajstić information content (AvgIpc) is 2.64. The Hall–Kier alpha value is -2.77. The average molecular weight is 388 g/mol. The van der Waals surface area contributed by atoms with Crippen LogP contribution < -0.4 is 4.72 Å². The molecule has 130 valence electrons. The second kappa shape index (κ2) is 6.19. The molecule has 0 radical (unpaired) electrons. The Balaban J connectivity index is 1.88. The third-order valence-electron chi connectivity index (χ3n) is 3.93. The van der Waals surface area contributed by atoms with Gasteiger partial charge >= 0.3 is 0 Å². The summed E-state index contributed by atoms with van der Waals surface area (Å²) in [5.41, 5.74) is 0.703. The first-order chi connectivity index (χ1) is 12.5. The van der Waals surface area contributed by atoms with Crippen LogP contribution in [0.3, 0.4) is 0 Å². The summed E-state index contributed by atoms with van der Waals surface area (Å²) in [5.74, 6) is -0.585. The number of fused-ring (bicyclic) bond motifs is 2. The van der Waals surface area contributed by atoms with Gasteiger partial charge in [-0.3, -0.25) is 14.7 Å². The number of sulfonamides is 1. The number of halogens is 2. The van der Waals surface area contributed by atoms with Crippen LogP contribution in [-0.4, -0.2) is 18.4 Å². The summed E-state index contributed by atoms with van der Waals surface area (Å²) in [6.07, 6.45) is 2.96. The second-order valence-corrected chi connectivity index (χ2v) is 7.60. The van der Waals surface area contributed by atoms with Crippen molar-refractivity contribution in [2.75, 3.05) is 4.72 Å². The van der Waals surface area contributed by atoms with Crippen molar-refractivity contribution in [3.05, 3.63) is 71.8 Å². The number of aromatic nitrogens is 2. The topological polar surface area (TPSA) is 72.0 Å². The van der Waals surface area contributed by atoms with Gasteiger partial charge in [-0.25, -0.2) is 12.8 Å². The van der Waals surface area contributed by atoms with Crippen molar-refractivity contribution in [2.24, 2.45) is 0 Å². The lowest BCUT2D eigenvalue weighted by atomic mass is 10.2. The summed E-state index contributed by atoms with van der Waals surface area (Å²) in [6.45, 7) is 0. The van der Waals surface area contributed by atoms with E-state index in [1.165, 1.54) is 18.3 Å². The summed E-state index contributed by atoms with van der Waals surface area (Å²) in [4.78, 5) is 8.07. The summed E-state index contributed by atoms with van der Waals surface area (Å²) in [5, 5.41) is 1.29. The van der Waals surface area contributed by atoms with Gasteiger partial charge in [0.25, 0.3) is 10.0 Å². The van der Waals surface area contributed by atoms with E-state index in [1.54, 1.807) is 36.5 Å². The first kappa shape index (κ1) is 16.7. The molecule has 0 unspecified atom stereocenters. The molecule has 0 amide bonds. The van der Waals surface area contributed by atoms with Gasteiger partial charge in [0.05, 0.1) is 21.1 Å². The zero-order valence-corrected chi connectivity index (χ0v) is 14.7. The van der Waals surface area contributed by atoms with E-state index in [0.717, 1.165) is 6.07 Å². The van der Waals surface area contributed by atoms with E-state index >= 15 is 0 Å². The van der Waals surface area contributed by atoms with Crippen LogP contribution in [0, 0.1) is 5.82 Å². The van der Waals surface area contributed by atoms with Crippen molar-refractivity contribution in [1.29, 1.82) is 0 Å². The Morgan fingerprint density at radius 3 is 2.35 bits per heavy atom. The van der Waals surface area contributed by atoms with Crippen LogP contribution in [0.4, 0.5) is 10.1 Å². The predicted octanol–water partition coefficient (Wildman–Crippen LogP) is 4.38. The van der Waals surface area contributed by atoms with Gasteiger partial charge in [0, 0.05) is 23.2 Å². The van der Waals surface area contributed by atoms with E-state index in [9.17, 15) is 12.8 Å². The van der Waals surface area contributed by atoms with Crippen LogP contribution >= 0.6 is 11.6 Å². The lowest BCUT2D eigenvalue weighted by Crippen LogP contribution is -2.14. The van der Waals surface area contributed by atoms with Crippen molar-refractivity contribution in [2.45, 2.75) is 4.90 Å². The summed E-state index contributed by atoms with van der Waals surface area (Å²) in [6, 6.07) is 12.0. The zero-order chi connectivity index (χ0) is 18.3. The third-order valence-corrected chi connectivity index (χ3v) is 5.68. The number of rotatable bonds is 3. The number of hydrogen-bond acceptors (Lipinski definition) is 4. The van der Waals surface area contributed by atoms with Crippen LogP contribution in [0.25, 0.3) is 21.8 Å². The molecule has 4 aromatic rings. The molecule has 2 aromatic carbocycles. The standard InChI is InChI=1S/C18H11ClFN3O2S/c19-13-5-7-15(18-11(13)3-1-10-22-18)23-26(24,25)16-8-6-14(20)17-12(16)4-2-9-21-17/h1-10,23H. The maximum absolute atomic E-state index is 13.9. The minimum atomic E-state index is -4.00. The summed E-state index contributed by atoms with van der Waals surface area (Å²) >= 11 is 6.15. The van der Waals surface area contributed by atoms with Crippen molar-refractivity contribution >= 4 is 49.1 Å². The molecular weight excluding hydrogens is 377 g/mol. The molecule has 0 aliphatic rings. The fourth-order valence-electron chi connectivity index (χ4n) is 2.77. The van der Waals surface area contributed by atoms with Gasteiger partial charge in [-0.1, -0.05) is 11.6 Å². The molecule has 0 fully saturated rings. The molecule has 8 heteroatoms. The predicted molar refractivity (Wildman–Crippen MR) is 99.3 cm³/mol. The van der Waals surface area contributed by atoms with E-state index in [-0.39, 0.29) is 21.5 Å². The zero-order valence-electron chi connectivity index (χ0n) is 13.1. The monoisotopic (exact) mass is 387 g/mol. The van der Waals surface area contributed by atoms with E-state index in [2.05, 4.69) is 14.7 Å². The molecular formula is C18H11ClFN3O2S. The second-order valence-electron chi connectivity index (χ2n) is 5.55. The third kappa shape index (κ3) is 2.75. The van der Waals surface area contributed by atoms with Gasteiger partial charge in [-0.15, -0.1) is 0 Å². The molecule has 0 saturated heterocycles. The normalized spacial score (nSPS) is 11.8. The van der Waals surface area contributed by atoms with Crippen LogP contribution in [0.2, 0.25) is 5.02 Å². The Morgan fingerprint density at radius 1 is 0.885 bits per heavy atom. The van der Waals surface area contributed by atoms with Crippen molar-refractivity contribution < 1.29 is 12.8 Å². The molecule has 0 aliphatic heterocycles. The number of anilines is 1. The minimum absolute atomic E-state index is 0.00513. The minimum Gasteiger partial charge on any atom is -0.277 e. The van der Waals surface area contributed by atoms with Gasteiger partial charge in [-0.05, 0) is 48.5 Å². The van der Waals surface area contributed by atoms with Gasteiger partial charge in [0.1, 0.15) is 11.3 Å². The number of pyridine rings is 2. The fourth-order valence-corrected chi connectivity index (χ4v) is 4.25. The van der Waals surface area contributed by atoms with Gasteiger partial charge in [0.2, 0.25) is 0 Å². The Kier molecular flexibility index (Phi) is 3.97. The van der Waals surface area contributed by atoms with Gasteiger partial charge < -0.3 is 0 Å². The molecule has 0 saturated carbocycles.